The first-order valence-electron chi connectivity index (χ1n) is 6.18. The van der Waals surface area contributed by atoms with Crippen LogP contribution in [0.3, 0.4) is 0 Å². The van der Waals surface area contributed by atoms with Crippen molar-refractivity contribution in [1.29, 1.82) is 0 Å². The SMILES string of the molecule is Cc1nc(C)c(C(C)Nc2cccc(Cl)c2Cl)c(=O)[nH]1. The van der Waals surface area contributed by atoms with Crippen LogP contribution >= 0.6 is 23.2 Å². The second kappa shape index (κ2) is 5.85. The zero-order valence-corrected chi connectivity index (χ0v) is 12.9. The van der Waals surface area contributed by atoms with Gasteiger partial charge in [-0.3, -0.25) is 4.79 Å². The minimum Gasteiger partial charge on any atom is -0.377 e. The number of hydrogen-bond acceptors (Lipinski definition) is 3. The fourth-order valence-electron chi connectivity index (χ4n) is 2.17. The molecule has 0 aliphatic rings. The molecule has 1 aromatic carbocycles. The summed E-state index contributed by atoms with van der Waals surface area (Å²) >= 11 is 12.1. The van der Waals surface area contributed by atoms with Crippen LogP contribution in [0.5, 0.6) is 0 Å². The molecule has 0 spiro atoms. The number of aryl methyl sites for hydroxylation is 2. The largest absolute Gasteiger partial charge is 0.377 e. The predicted octanol–water partition coefficient (Wildman–Crippen LogP) is 3.87. The Hall–Kier alpha value is -1.52. The second-order valence-electron chi connectivity index (χ2n) is 4.62. The van der Waals surface area contributed by atoms with Crippen LogP contribution < -0.4 is 10.9 Å². The van der Waals surface area contributed by atoms with E-state index < -0.39 is 0 Å². The number of nitrogens with one attached hydrogen (secondary N) is 2. The van der Waals surface area contributed by atoms with Gasteiger partial charge in [0.15, 0.2) is 0 Å². The van der Waals surface area contributed by atoms with E-state index in [1.54, 1.807) is 19.1 Å². The summed E-state index contributed by atoms with van der Waals surface area (Å²) in [6.45, 7) is 5.45. The van der Waals surface area contributed by atoms with Crippen LogP contribution in [0.15, 0.2) is 23.0 Å². The van der Waals surface area contributed by atoms with Crippen molar-refractivity contribution in [2.75, 3.05) is 5.32 Å². The van der Waals surface area contributed by atoms with Gasteiger partial charge < -0.3 is 10.3 Å². The summed E-state index contributed by atoms with van der Waals surface area (Å²) in [5, 5.41) is 4.10. The molecule has 6 heteroatoms. The van der Waals surface area contributed by atoms with E-state index in [9.17, 15) is 4.79 Å². The van der Waals surface area contributed by atoms with E-state index >= 15 is 0 Å². The van der Waals surface area contributed by atoms with Gasteiger partial charge in [0.2, 0.25) is 0 Å². The highest BCUT2D eigenvalue weighted by Gasteiger charge is 2.16. The van der Waals surface area contributed by atoms with Crippen LogP contribution in [0.2, 0.25) is 10.0 Å². The molecule has 1 heterocycles. The first-order chi connectivity index (χ1) is 9.40. The second-order valence-corrected chi connectivity index (χ2v) is 5.40. The van der Waals surface area contributed by atoms with Crippen molar-refractivity contribution >= 4 is 28.9 Å². The molecule has 0 aliphatic carbocycles. The highest BCUT2D eigenvalue weighted by Crippen LogP contribution is 2.31. The van der Waals surface area contributed by atoms with Gasteiger partial charge in [0.25, 0.3) is 5.56 Å². The van der Waals surface area contributed by atoms with Gasteiger partial charge >= 0.3 is 0 Å². The van der Waals surface area contributed by atoms with E-state index in [1.807, 2.05) is 19.9 Å². The third kappa shape index (κ3) is 2.97. The Balaban J connectivity index is 2.36. The molecular weight excluding hydrogens is 297 g/mol. The topological polar surface area (TPSA) is 57.8 Å². The number of aromatic nitrogens is 2. The molecule has 2 aromatic rings. The highest BCUT2D eigenvalue weighted by molar-refractivity contribution is 6.43. The van der Waals surface area contributed by atoms with Crippen molar-refractivity contribution in [2.45, 2.75) is 26.8 Å². The Bertz CT molecular complexity index is 697. The van der Waals surface area contributed by atoms with Gasteiger partial charge in [0.1, 0.15) is 5.82 Å². The summed E-state index contributed by atoms with van der Waals surface area (Å²) in [4.78, 5) is 19.0. The lowest BCUT2D eigenvalue weighted by Gasteiger charge is -2.18. The number of benzene rings is 1. The Labute approximate surface area is 127 Å². The first-order valence-corrected chi connectivity index (χ1v) is 6.93. The molecule has 4 nitrogen and oxygen atoms in total. The van der Waals surface area contributed by atoms with E-state index in [0.717, 1.165) is 0 Å². The zero-order valence-electron chi connectivity index (χ0n) is 11.4. The number of aromatic amines is 1. The molecule has 0 saturated heterocycles. The van der Waals surface area contributed by atoms with Gasteiger partial charge in [-0.2, -0.15) is 0 Å². The molecule has 20 heavy (non-hydrogen) atoms. The molecule has 0 fully saturated rings. The van der Waals surface area contributed by atoms with Crippen LogP contribution in [0.25, 0.3) is 0 Å². The maximum absolute atomic E-state index is 12.0. The summed E-state index contributed by atoms with van der Waals surface area (Å²) in [6, 6.07) is 5.09. The van der Waals surface area contributed by atoms with Crippen molar-refractivity contribution in [3.63, 3.8) is 0 Å². The zero-order chi connectivity index (χ0) is 14.9. The number of halogens is 2. The molecule has 0 amide bonds. The predicted molar refractivity (Wildman–Crippen MR) is 82.8 cm³/mol. The van der Waals surface area contributed by atoms with Crippen LogP contribution in [-0.2, 0) is 0 Å². The highest BCUT2D eigenvalue weighted by atomic mass is 35.5. The maximum Gasteiger partial charge on any atom is 0.256 e. The van der Waals surface area contributed by atoms with Gasteiger partial charge in [0.05, 0.1) is 33.0 Å². The molecule has 2 N–H and O–H groups in total. The van der Waals surface area contributed by atoms with E-state index in [4.69, 9.17) is 23.2 Å². The summed E-state index contributed by atoms with van der Waals surface area (Å²) in [7, 11) is 0. The van der Waals surface area contributed by atoms with Crippen molar-refractivity contribution < 1.29 is 0 Å². The van der Waals surface area contributed by atoms with Gasteiger partial charge in [-0.15, -0.1) is 0 Å². The monoisotopic (exact) mass is 311 g/mol. The van der Waals surface area contributed by atoms with Crippen molar-refractivity contribution in [3.8, 4) is 0 Å². The fraction of sp³-hybridized carbons (Fsp3) is 0.286. The van der Waals surface area contributed by atoms with Crippen LogP contribution in [0.1, 0.15) is 30.0 Å². The summed E-state index contributed by atoms with van der Waals surface area (Å²) in [5.41, 5.74) is 1.83. The number of H-pyrrole nitrogens is 1. The van der Waals surface area contributed by atoms with Gasteiger partial charge in [-0.25, -0.2) is 4.98 Å². The molecule has 1 atom stereocenters. The van der Waals surface area contributed by atoms with Crippen LogP contribution in [0, 0.1) is 13.8 Å². The van der Waals surface area contributed by atoms with Crippen molar-refractivity contribution in [2.24, 2.45) is 0 Å². The Morgan fingerprint density at radius 1 is 1.30 bits per heavy atom. The number of rotatable bonds is 3. The Morgan fingerprint density at radius 3 is 2.65 bits per heavy atom. The average Bonchev–Trinajstić information content (AvgIpc) is 2.33. The third-order valence-corrected chi connectivity index (χ3v) is 3.84. The molecule has 1 unspecified atom stereocenters. The lowest BCUT2D eigenvalue weighted by Crippen LogP contribution is -2.23. The molecule has 0 radical (unpaired) electrons. The van der Waals surface area contributed by atoms with Gasteiger partial charge in [-0.1, -0.05) is 29.3 Å². The molecule has 0 bridgehead atoms. The minimum atomic E-state index is -0.234. The lowest BCUT2D eigenvalue weighted by atomic mass is 10.1. The standard InChI is InChI=1S/C14H15Cl2N3O/c1-7-12(14(20)19-9(3)17-7)8(2)18-11-6-4-5-10(15)13(11)16/h4-6,8,18H,1-3H3,(H,17,19,20). The summed E-state index contributed by atoms with van der Waals surface area (Å²) < 4.78 is 0. The number of hydrogen-bond donors (Lipinski definition) is 2. The average molecular weight is 312 g/mol. The molecule has 106 valence electrons. The van der Waals surface area contributed by atoms with Crippen molar-refractivity contribution in [1.82, 2.24) is 9.97 Å². The summed E-state index contributed by atoms with van der Waals surface area (Å²) in [6.07, 6.45) is 0. The number of anilines is 1. The summed E-state index contributed by atoms with van der Waals surface area (Å²) in [5.74, 6) is 0.601. The third-order valence-electron chi connectivity index (χ3n) is 3.02. The van der Waals surface area contributed by atoms with E-state index in [2.05, 4.69) is 15.3 Å². The van der Waals surface area contributed by atoms with Gasteiger partial charge in [0, 0.05) is 0 Å². The Morgan fingerprint density at radius 2 is 2.00 bits per heavy atom. The fourth-order valence-corrected chi connectivity index (χ4v) is 2.52. The van der Waals surface area contributed by atoms with Crippen LogP contribution in [-0.4, -0.2) is 9.97 Å². The molecule has 0 aliphatic heterocycles. The smallest absolute Gasteiger partial charge is 0.256 e. The van der Waals surface area contributed by atoms with E-state index in [0.29, 0.717) is 32.8 Å². The Kier molecular flexibility index (Phi) is 4.35. The van der Waals surface area contributed by atoms with E-state index in [-0.39, 0.29) is 11.6 Å². The lowest BCUT2D eigenvalue weighted by molar-refractivity contribution is 0.814. The molecular formula is C14H15Cl2N3O. The maximum atomic E-state index is 12.0. The van der Waals surface area contributed by atoms with Crippen LogP contribution in [0.4, 0.5) is 5.69 Å². The van der Waals surface area contributed by atoms with Crippen molar-refractivity contribution in [3.05, 3.63) is 55.7 Å². The first kappa shape index (κ1) is 14.9. The van der Waals surface area contributed by atoms with Gasteiger partial charge in [-0.05, 0) is 32.9 Å². The molecule has 2 rings (SSSR count). The minimum absolute atomic E-state index is 0.145. The number of nitrogens with zero attached hydrogens (tertiary/aromatic N) is 1. The molecule has 1 aromatic heterocycles. The normalized spacial score (nSPS) is 12.2. The molecule has 0 saturated carbocycles. The van der Waals surface area contributed by atoms with E-state index in [1.165, 1.54) is 0 Å². The quantitative estimate of drug-likeness (QED) is 0.904.